The summed E-state index contributed by atoms with van der Waals surface area (Å²) < 4.78 is 0.876. The van der Waals surface area contributed by atoms with Gasteiger partial charge in [0.2, 0.25) is 0 Å². The standard InChI is InChI=1S/C12H12BrN3O2/c13-7-3-8-12(15-4-7)9(1-2-14-8)16-5-10(17)11(18)6-16/h1-4,10-11,17-18H,5-6H2. The van der Waals surface area contributed by atoms with Crippen molar-refractivity contribution < 1.29 is 10.2 Å². The number of hydrogen-bond acceptors (Lipinski definition) is 5. The van der Waals surface area contributed by atoms with Crippen molar-refractivity contribution in [1.82, 2.24) is 9.97 Å². The topological polar surface area (TPSA) is 69.5 Å². The van der Waals surface area contributed by atoms with Crippen LogP contribution in [-0.4, -0.2) is 45.5 Å². The Hall–Kier alpha value is -1.24. The van der Waals surface area contributed by atoms with Crippen LogP contribution in [0.3, 0.4) is 0 Å². The van der Waals surface area contributed by atoms with E-state index in [1.165, 1.54) is 0 Å². The molecule has 1 saturated heterocycles. The number of anilines is 1. The summed E-state index contributed by atoms with van der Waals surface area (Å²) in [7, 11) is 0. The Morgan fingerprint density at radius 2 is 1.94 bits per heavy atom. The molecule has 2 N–H and O–H groups in total. The van der Waals surface area contributed by atoms with Gasteiger partial charge in [0.25, 0.3) is 0 Å². The fraction of sp³-hybridized carbons (Fsp3) is 0.333. The second kappa shape index (κ2) is 4.46. The molecule has 1 aliphatic rings. The first-order chi connectivity index (χ1) is 8.65. The third kappa shape index (κ3) is 1.96. The molecule has 94 valence electrons. The lowest BCUT2D eigenvalue weighted by atomic mass is 10.2. The second-order valence-corrected chi connectivity index (χ2v) is 5.31. The van der Waals surface area contributed by atoms with Gasteiger partial charge >= 0.3 is 0 Å². The van der Waals surface area contributed by atoms with Crippen LogP contribution in [0.4, 0.5) is 5.69 Å². The Balaban J connectivity index is 2.07. The van der Waals surface area contributed by atoms with E-state index in [4.69, 9.17) is 0 Å². The minimum absolute atomic E-state index is 0.415. The number of aromatic nitrogens is 2. The first kappa shape index (κ1) is 11.8. The molecule has 1 aliphatic heterocycles. The van der Waals surface area contributed by atoms with E-state index in [2.05, 4.69) is 25.9 Å². The zero-order valence-electron chi connectivity index (χ0n) is 9.49. The number of nitrogens with zero attached hydrogens (tertiary/aromatic N) is 3. The predicted molar refractivity (Wildman–Crippen MR) is 71.5 cm³/mol. The van der Waals surface area contributed by atoms with Crippen LogP contribution in [0, 0.1) is 0 Å². The van der Waals surface area contributed by atoms with Crippen LogP contribution >= 0.6 is 15.9 Å². The highest BCUT2D eigenvalue weighted by atomic mass is 79.9. The molecule has 0 saturated carbocycles. The molecule has 2 aromatic heterocycles. The van der Waals surface area contributed by atoms with Crippen molar-refractivity contribution in [1.29, 1.82) is 0 Å². The summed E-state index contributed by atoms with van der Waals surface area (Å²) in [5.41, 5.74) is 2.46. The molecule has 0 amide bonds. The second-order valence-electron chi connectivity index (χ2n) is 4.39. The number of aliphatic hydroxyl groups is 2. The molecule has 0 radical (unpaired) electrons. The number of aliphatic hydroxyl groups excluding tert-OH is 2. The van der Waals surface area contributed by atoms with Crippen LogP contribution in [0.5, 0.6) is 0 Å². The summed E-state index contributed by atoms with van der Waals surface area (Å²) >= 11 is 3.36. The molecule has 0 spiro atoms. The van der Waals surface area contributed by atoms with E-state index in [1.807, 2.05) is 17.0 Å². The molecular formula is C12H12BrN3O2. The summed E-state index contributed by atoms with van der Waals surface area (Å²) in [5.74, 6) is 0. The minimum atomic E-state index is -0.705. The van der Waals surface area contributed by atoms with Crippen molar-refractivity contribution in [3.05, 3.63) is 29.0 Å². The van der Waals surface area contributed by atoms with Crippen molar-refractivity contribution in [2.24, 2.45) is 0 Å². The molecule has 2 aromatic rings. The number of β-amino-alcohol motifs (C(OH)–C–C–N with tert-alkyl or cyclic N) is 2. The molecule has 18 heavy (non-hydrogen) atoms. The third-order valence-electron chi connectivity index (χ3n) is 3.12. The van der Waals surface area contributed by atoms with Crippen molar-refractivity contribution in [3.63, 3.8) is 0 Å². The van der Waals surface area contributed by atoms with Crippen molar-refractivity contribution >= 4 is 32.7 Å². The SMILES string of the molecule is OC1CN(c2ccnc3cc(Br)cnc23)CC1O. The summed E-state index contributed by atoms with van der Waals surface area (Å²) in [6.07, 6.45) is 2.02. The number of halogens is 1. The fourth-order valence-corrected chi connectivity index (χ4v) is 2.53. The Morgan fingerprint density at radius 1 is 1.22 bits per heavy atom. The van der Waals surface area contributed by atoms with Gasteiger partial charge in [0.1, 0.15) is 5.52 Å². The van der Waals surface area contributed by atoms with Crippen LogP contribution in [0.15, 0.2) is 29.0 Å². The van der Waals surface area contributed by atoms with E-state index in [0.717, 1.165) is 21.2 Å². The quantitative estimate of drug-likeness (QED) is 0.820. The van der Waals surface area contributed by atoms with E-state index >= 15 is 0 Å². The highest BCUT2D eigenvalue weighted by molar-refractivity contribution is 9.10. The Bertz CT molecular complexity index is 583. The maximum atomic E-state index is 9.61. The van der Waals surface area contributed by atoms with Gasteiger partial charge in [-0.05, 0) is 28.1 Å². The van der Waals surface area contributed by atoms with E-state index in [9.17, 15) is 10.2 Å². The van der Waals surface area contributed by atoms with Gasteiger partial charge in [-0.15, -0.1) is 0 Å². The lowest BCUT2D eigenvalue weighted by Crippen LogP contribution is -2.22. The molecule has 2 atom stereocenters. The van der Waals surface area contributed by atoms with Crippen LogP contribution in [0.1, 0.15) is 0 Å². The molecule has 3 rings (SSSR count). The summed E-state index contributed by atoms with van der Waals surface area (Å²) in [5, 5.41) is 19.2. The maximum absolute atomic E-state index is 9.61. The lowest BCUT2D eigenvalue weighted by Gasteiger charge is -2.18. The fourth-order valence-electron chi connectivity index (χ4n) is 2.21. The average Bonchev–Trinajstić information content (AvgIpc) is 2.68. The van der Waals surface area contributed by atoms with Crippen molar-refractivity contribution in [2.45, 2.75) is 12.2 Å². The highest BCUT2D eigenvalue weighted by Crippen LogP contribution is 2.28. The van der Waals surface area contributed by atoms with E-state index in [0.29, 0.717) is 13.1 Å². The monoisotopic (exact) mass is 309 g/mol. The smallest absolute Gasteiger partial charge is 0.112 e. The molecule has 3 heterocycles. The third-order valence-corrected chi connectivity index (χ3v) is 3.56. The van der Waals surface area contributed by atoms with Gasteiger partial charge in [-0.3, -0.25) is 9.97 Å². The number of rotatable bonds is 1. The van der Waals surface area contributed by atoms with Crippen LogP contribution < -0.4 is 4.90 Å². The molecule has 5 nitrogen and oxygen atoms in total. The Labute approximate surface area is 112 Å². The van der Waals surface area contributed by atoms with E-state index in [-0.39, 0.29) is 0 Å². The number of pyridine rings is 2. The Kier molecular flexibility index (Phi) is 2.93. The van der Waals surface area contributed by atoms with Gasteiger partial charge < -0.3 is 15.1 Å². The molecule has 2 unspecified atom stereocenters. The van der Waals surface area contributed by atoms with Gasteiger partial charge in [-0.1, -0.05) is 0 Å². The molecule has 0 aliphatic carbocycles. The molecule has 6 heteroatoms. The Morgan fingerprint density at radius 3 is 2.67 bits per heavy atom. The lowest BCUT2D eigenvalue weighted by molar-refractivity contribution is 0.0572. The van der Waals surface area contributed by atoms with E-state index in [1.54, 1.807) is 12.4 Å². The average molecular weight is 310 g/mol. The number of fused-ring (bicyclic) bond motifs is 1. The highest BCUT2D eigenvalue weighted by Gasteiger charge is 2.30. The summed E-state index contributed by atoms with van der Waals surface area (Å²) in [4.78, 5) is 10.6. The van der Waals surface area contributed by atoms with Gasteiger partial charge in [0.05, 0.1) is 23.4 Å². The van der Waals surface area contributed by atoms with Crippen molar-refractivity contribution in [2.75, 3.05) is 18.0 Å². The van der Waals surface area contributed by atoms with Crippen LogP contribution in [0.2, 0.25) is 0 Å². The molecule has 0 aromatic carbocycles. The van der Waals surface area contributed by atoms with Gasteiger partial charge in [-0.25, -0.2) is 0 Å². The zero-order valence-corrected chi connectivity index (χ0v) is 11.1. The van der Waals surface area contributed by atoms with Gasteiger partial charge in [0.15, 0.2) is 0 Å². The molecular weight excluding hydrogens is 298 g/mol. The maximum Gasteiger partial charge on any atom is 0.112 e. The van der Waals surface area contributed by atoms with Crippen molar-refractivity contribution in [3.8, 4) is 0 Å². The van der Waals surface area contributed by atoms with Gasteiger partial charge in [0, 0.05) is 30.0 Å². The van der Waals surface area contributed by atoms with Crippen LogP contribution in [-0.2, 0) is 0 Å². The number of hydrogen-bond donors (Lipinski definition) is 2. The zero-order chi connectivity index (χ0) is 12.7. The summed E-state index contributed by atoms with van der Waals surface area (Å²) in [6, 6.07) is 3.75. The first-order valence-electron chi connectivity index (χ1n) is 5.66. The molecule has 1 fully saturated rings. The predicted octanol–water partition coefficient (Wildman–Crippen LogP) is 0.934. The minimum Gasteiger partial charge on any atom is -0.389 e. The van der Waals surface area contributed by atoms with E-state index < -0.39 is 12.2 Å². The van der Waals surface area contributed by atoms with Gasteiger partial charge in [-0.2, -0.15) is 0 Å². The largest absolute Gasteiger partial charge is 0.389 e. The molecule has 0 bridgehead atoms. The normalized spacial score (nSPS) is 23.8. The first-order valence-corrected chi connectivity index (χ1v) is 6.46. The van der Waals surface area contributed by atoms with Crippen LogP contribution in [0.25, 0.3) is 11.0 Å². The summed E-state index contributed by atoms with van der Waals surface area (Å²) in [6.45, 7) is 0.829.